The molecule has 0 aromatic carbocycles. The molecule has 9 aliphatic heterocycles. The van der Waals surface area contributed by atoms with Crippen LogP contribution < -0.4 is 0 Å². The number of aldehydes is 1. The van der Waals surface area contributed by atoms with Crippen LogP contribution in [0.3, 0.4) is 0 Å². The zero-order valence-electron chi connectivity index (χ0n) is 68.7. The van der Waals surface area contributed by atoms with Gasteiger partial charge in [0.05, 0.1) is 125 Å². The summed E-state index contributed by atoms with van der Waals surface area (Å²) in [6.07, 6.45) is 5.62. The molecule has 13 unspecified atom stereocenters. The molecular formula is C80H107N9O33. The smallest absolute Gasteiger partial charge is 0.312 e. The Morgan fingerprint density at radius 1 is 0.508 bits per heavy atom. The minimum Gasteiger partial charge on any atom is -0.469 e. The van der Waals surface area contributed by atoms with Gasteiger partial charge < -0.3 is 108 Å². The second-order valence-electron chi connectivity index (χ2n) is 31.6. The first-order chi connectivity index (χ1) is 57.5. The number of hydrogen-bond donors (Lipinski definition) is 1. The number of hydrogen-bond acceptors (Lipinski definition) is 37. The summed E-state index contributed by atoms with van der Waals surface area (Å²) in [6, 6.07) is 13.3. The first kappa shape index (κ1) is 93.9. The van der Waals surface area contributed by atoms with E-state index in [1.807, 2.05) is 25.0 Å². The molecular weight excluding hydrogens is 1610 g/mol. The number of ether oxygens (including phenoxy) is 14. The summed E-state index contributed by atoms with van der Waals surface area (Å²) in [5, 5.41) is 66.2. The lowest BCUT2D eigenvalue weighted by molar-refractivity contribution is -0.551. The highest BCUT2D eigenvalue weighted by molar-refractivity contribution is 5.91. The summed E-state index contributed by atoms with van der Waals surface area (Å²) in [5.74, 6) is -5.46. The highest BCUT2D eigenvalue weighted by Gasteiger charge is 2.66. The number of aliphatic hydroxyl groups is 1. The second kappa shape index (κ2) is 41.2. The van der Waals surface area contributed by atoms with Gasteiger partial charge in [0.1, 0.15) is 101 Å². The van der Waals surface area contributed by atoms with Gasteiger partial charge in [-0.15, -0.1) is 0 Å². The van der Waals surface area contributed by atoms with Gasteiger partial charge in [0, 0.05) is 114 Å². The van der Waals surface area contributed by atoms with Crippen molar-refractivity contribution in [3.8, 4) is 0 Å². The molecule has 13 atom stereocenters. The first-order valence-electron chi connectivity index (χ1n) is 39.4. The molecule has 0 radical (unpaired) electrons. The Morgan fingerprint density at radius 3 is 1.46 bits per heavy atom. The Kier molecular flexibility index (Phi) is 31.7. The van der Waals surface area contributed by atoms with Gasteiger partial charge in [-0.25, -0.2) is 0 Å². The van der Waals surface area contributed by atoms with E-state index in [1.165, 1.54) is 43.4 Å². The third kappa shape index (κ3) is 23.9. The molecule has 122 heavy (non-hydrogen) atoms. The van der Waals surface area contributed by atoms with E-state index >= 15 is 0 Å². The van der Waals surface area contributed by atoms with E-state index in [4.69, 9.17) is 88.4 Å². The number of nitrogens with zero attached hydrogens (tertiary/aromatic N) is 9. The van der Waals surface area contributed by atoms with E-state index in [2.05, 4.69) is 14.7 Å². The van der Waals surface area contributed by atoms with Gasteiger partial charge >= 0.3 is 5.70 Å². The standard InChI is InChI=1S/C17H22N2O7.2C16H22N2O6.C13H15NO7.C10H17NO3.C7H5NO4.CH4/c1-17(2)25-15-11(10-4-3-7-24-10)12(19(21)22)13(16(26-17)14(15)20)18-5-8-23-9-6-18;2*1-16(2)23-11-13(17-5-8-21-9-6-17)15(24-16)12(10-18(19)20)14-4-3-7-22-14;1-13(2)20-11-7(6-4-3-5-19-6)8(14(17)18)9(15)12(21-13)10(11)16;1-10(2)13-7-9(8-14-10)11-3-5-12-6-4-11;9-5-6(8(10)11)4-7-2-1-3-12-7;/h3-4,7,11-13,15-16H,5-6,8-9H2,1-2H3;3-4,7,12H,5-6,8-11H2,1-2H3;3-4,7,11-12,15H,5-6,8-10H2,1-2H3;3-5,7-9,11-12,15H,1-2H3;7H,3-6,8H2,1-2H3;1-5H;1H4/b;;;;;6-4-;. The number of ketones is 2. The third-order valence-electron chi connectivity index (χ3n) is 21.1. The average Bonchev–Trinajstić information content (AvgIpc) is 1.07. The fraction of sp³-hybridized carbons (Fsp3) is 0.613. The Balaban J connectivity index is 0.000000156. The molecule has 670 valence electrons. The van der Waals surface area contributed by atoms with E-state index < -0.39 is 129 Å². The van der Waals surface area contributed by atoms with Crippen LogP contribution in [0.1, 0.15) is 129 Å². The highest BCUT2D eigenvalue weighted by atomic mass is 16.7. The summed E-state index contributed by atoms with van der Waals surface area (Å²) in [5.41, 5.74) is 2.22. The Hall–Kier alpha value is -10.4. The van der Waals surface area contributed by atoms with Crippen molar-refractivity contribution in [3.63, 3.8) is 0 Å². The Bertz CT molecular complexity index is 4380. The average molecular weight is 1720 g/mol. The molecule has 6 saturated heterocycles. The predicted octanol–water partition coefficient (Wildman–Crippen LogP) is 7.89. The lowest BCUT2D eigenvalue weighted by atomic mass is 9.73. The fourth-order valence-corrected chi connectivity index (χ4v) is 15.5. The topological polar surface area (TPSA) is 495 Å². The van der Waals surface area contributed by atoms with Crippen LogP contribution >= 0.6 is 0 Å². The summed E-state index contributed by atoms with van der Waals surface area (Å²) < 4.78 is 105. The normalized spacial score (nSPS) is 28.0. The molecule has 5 aromatic rings. The number of Topliss-reactive ketones (excluding diaryl/α,β-unsaturated/α-hetero) is 2. The van der Waals surface area contributed by atoms with Crippen molar-refractivity contribution >= 4 is 23.9 Å². The molecule has 4 bridgehead atoms. The van der Waals surface area contributed by atoms with E-state index in [-0.39, 0.29) is 58.9 Å². The summed E-state index contributed by atoms with van der Waals surface area (Å²) in [7, 11) is 0. The molecule has 42 nitrogen and oxygen atoms in total. The second-order valence-corrected chi connectivity index (χ2v) is 31.6. The van der Waals surface area contributed by atoms with E-state index in [1.54, 1.807) is 110 Å². The van der Waals surface area contributed by atoms with Gasteiger partial charge in [-0.2, -0.15) is 0 Å². The van der Waals surface area contributed by atoms with Gasteiger partial charge in [0.2, 0.25) is 42.8 Å². The summed E-state index contributed by atoms with van der Waals surface area (Å²) in [6.45, 7) is 28.7. The maximum absolute atomic E-state index is 13.1. The number of furan rings is 5. The van der Waals surface area contributed by atoms with Gasteiger partial charge in [-0.05, 0) is 88.4 Å². The lowest BCUT2D eigenvalue weighted by Gasteiger charge is -2.52. The van der Waals surface area contributed by atoms with Crippen molar-refractivity contribution in [2.45, 2.75) is 184 Å². The van der Waals surface area contributed by atoms with Gasteiger partial charge in [-0.1, -0.05) is 7.43 Å². The molecule has 16 rings (SSSR count). The highest BCUT2D eigenvalue weighted by Crippen LogP contribution is 2.47. The molecule has 14 heterocycles. The fourth-order valence-electron chi connectivity index (χ4n) is 15.5. The molecule has 2 saturated carbocycles. The molecule has 2 aliphatic carbocycles. The van der Waals surface area contributed by atoms with Crippen molar-refractivity contribution in [1.29, 1.82) is 0 Å². The molecule has 0 amide bonds. The van der Waals surface area contributed by atoms with Crippen molar-refractivity contribution in [3.05, 3.63) is 212 Å². The van der Waals surface area contributed by atoms with E-state index in [9.17, 15) is 70.1 Å². The molecule has 11 aliphatic rings. The molecule has 1 N–H and O–H groups in total. The van der Waals surface area contributed by atoms with Crippen LogP contribution in [0.15, 0.2) is 155 Å². The van der Waals surface area contributed by atoms with Gasteiger partial charge in [0.15, 0.2) is 35.3 Å². The minimum absolute atomic E-state index is 0. The maximum Gasteiger partial charge on any atom is 0.312 e. The molecule has 42 heteroatoms. The van der Waals surface area contributed by atoms with Gasteiger partial charge in [0.25, 0.3) is 6.04 Å². The number of rotatable bonds is 19. The third-order valence-corrected chi connectivity index (χ3v) is 21.1. The molecule has 8 fully saturated rings. The number of aliphatic hydroxyl groups excluding tert-OH is 1. The van der Waals surface area contributed by atoms with Crippen LogP contribution in [0.25, 0.3) is 6.08 Å². The number of morpholine rings is 4. The minimum atomic E-state index is -1.55. The maximum atomic E-state index is 13.1. The van der Waals surface area contributed by atoms with Crippen molar-refractivity contribution in [2.24, 2.45) is 0 Å². The zero-order valence-corrected chi connectivity index (χ0v) is 68.7. The number of allylic oxidation sites excluding steroid dienone is 1. The number of carbonyl (C=O) groups excluding carboxylic acids is 3. The number of fused-ring (bicyclic) bond motifs is 4. The SMILES string of the molecule is C.CC1(C)OC2C(=O)C(O1)C(N1CCOCC1)C([N+](=O)[O-])C2c1ccco1.CC1(C)OC2C(=O)C(O1)C(c1ccco1)C([N+](=O)[O-])C2O.CC1(C)OC=C(N2CCOCC2)C(C(C[N+](=O)[O-])c2ccco2)O1.CC1(C)OC=C(N2CCOCC2)CO1.CC1(C)OCC(N2CCOCC2)=C(C(C[N+](=O)[O-])c2ccco2)O1.O=C/C(=C/c1ccco1)[N+](=O)[O-]. The lowest BCUT2D eigenvalue weighted by Crippen LogP contribution is -2.72. The van der Waals surface area contributed by atoms with Crippen LogP contribution in [-0.2, 0) is 80.7 Å². The molecule has 0 spiro atoms. The summed E-state index contributed by atoms with van der Waals surface area (Å²) in [4.78, 5) is 97.5. The van der Waals surface area contributed by atoms with Crippen molar-refractivity contribution < 1.29 is 133 Å². The van der Waals surface area contributed by atoms with Crippen LogP contribution in [-0.4, -0.2) is 282 Å². The van der Waals surface area contributed by atoms with Crippen LogP contribution in [0.5, 0.6) is 0 Å². The predicted molar refractivity (Wildman–Crippen MR) is 420 cm³/mol. The molecule has 5 aromatic heterocycles. The number of nitro groups is 5. The first-order valence-corrected chi connectivity index (χ1v) is 39.4. The summed E-state index contributed by atoms with van der Waals surface area (Å²) >= 11 is 0. The monoisotopic (exact) mass is 1720 g/mol. The van der Waals surface area contributed by atoms with E-state index in [0.717, 1.165) is 49.5 Å². The van der Waals surface area contributed by atoms with Crippen LogP contribution in [0.4, 0.5) is 0 Å². The quantitative estimate of drug-likeness (QED) is 0.0355. The van der Waals surface area contributed by atoms with Crippen LogP contribution in [0, 0.1) is 50.6 Å². The van der Waals surface area contributed by atoms with Crippen molar-refractivity contribution in [1.82, 2.24) is 19.6 Å². The largest absolute Gasteiger partial charge is 0.469 e. The Labute approximate surface area is 701 Å². The van der Waals surface area contributed by atoms with E-state index in [0.29, 0.717) is 115 Å². The van der Waals surface area contributed by atoms with Crippen LogP contribution in [0.2, 0.25) is 0 Å². The Morgan fingerprint density at radius 2 is 0.975 bits per heavy atom. The van der Waals surface area contributed by atoms with Gasteiger partial charge in [-0.3, -0.25) is 69.9 Å². The zero-order chi connectivity index (χ0) is 87.1. The van der Waals surface area contributed by atoms with Crippen molar-refractivity contribution in [2.75, 3.05) is 132 Å². The number of carbonyl (C=O) groups is 3.